The average molecular weight is 259 g/mol. The van der Waals surface area contributed by atoms with Gasteiger partial charge in [-0.05, 0) is 40.1 Å². The van der Waals surface area contributed by atoms with Gasteiger partial charge in [0, 0.05) is 5.69 Å². The molecule has 1 N–H and O–H groups in total. The van der Waals surface area contributed by atoms with Crippen LogP contribution in [0.2, 0.25) is 0 Å². The Morgan fingerprint density at radius 2 is 2.17 bits per heavy atom. The van der Waals surface area contributed by atoms with Gasteiger partial charge in [0.05, 0.1) is 19.1 Å². The number of nitrogens with zero attached hydrogens (tertiary/aromatic N) is 1. The van der Waals surface area contributed by atoms with Crippen molar-refractivity contribution < 1.29 is 9.90 Å². The molecule has 1 unspecified atom stereocenters. The van der Waals surface area contributed by atoms with E-state index in [4.69, 9.17) is 0 Å². The summed E-state index contributed by atoms with van der Waals surface area (Å²) in [5.41, 5.74) is 3.12. The summed E-state index contributed by atoms with van der Waals surface area (Å²) in [7, 11) is 0. The molecule has 18 heavy (non-hydrogen) atoms. The normalized spacial score (nSPS) is 19.5. The van der Waals surface area contributed by atoms with Crippen LogP contribution in [0.5, 0.6) is 0 Å². The fourth-order valence-corrected chi connectivity index (χ4v) is 2.89. The highest BCUT2D eigenvalue weighted by Gasteiger charge is 2.29. The van der Waals surface area contributed by atoms with Gasteiger partial charge in [0.1, 0.15) is 0 Å². The third kappa shape index (κ3) is 2.05. The van der Waals surface area contributed by atoms with Gasteiger partial charge in [0.2, 0.25) is 5.91 Å². The van der Waals surface area contributed by atoms with Crippen molar-refractivity contribution >= 4 is 22.9 Å². The van der Waals surface area contributed by atoms with Crippen LogP contribution in [-0.2, 0) is 4.79 Å². The maximum absolute atomic E-state index is 11.8. The minimum Gasteiger partial charge on any atom is -0.391 e. The summed E-state index contributed by atoms with van der Waals surface area (Å²) in [6, 6.07) is 9.94. The van der Waals surface area contributed by atoms with Crippen LogP contribution in [0.3, 0.4) is 0 Å². The maximum atomic E-state index is 11.8. The fraction of sp³-hybridized carbons (Fsp3) is 0.214. The lowest BCUT2D eigenvalue weighted by Gasteiger charge is -2.16. The first kappa shape index (κ1) is 11.4. The Morgan fingerprint density at radius 3 is 2.83 bits per heavy atom. The Bertz CT molecular complexity index is 565. The van der Waals surface area contributed by atoms with Crippen LogP contribution < -0.4 is 4.90 Å². The first-order chi connectivity index (χ1) is 8.74. The molecule has 1 atom stereocenters. The van der Waals surface area contributed by atoms with Gasteiger partial charge >= 0.3 is 0 Å². The Labute approximate surface area is 109 Å². The topological polar surface area (TPSA) is 40.5 Å². The van der Waals surface area contributed by atoms with Gasteiger partial charge in [-0.15, -0.1) is 0 Å². The molecule has 1 aliphatic rings. The number of carbonyl (C=O) groups excluding carboxylic acids is 1. The number of aliphatic hydroxyl groups excluding tert-OH is 1. The van der Waals surface area contributed by atoms with Gasteiger partial charge in [-0.1, -0.05) is 12.1 Å². The molecular weight excluding hydrogens is 246 g/mol. The van der Waals surface area contributed by atoms with E-state index in [1.165, 1.54) is 0 Å². The molecule has 2 heterocycles. The van der Waals surface area contributed by atoms with Crippen LogP contribution in [0.4, 0.5) is 5.69 Å². The molecule has 1 fully saturated rings. The molecule has 0 saturated carbocycles. The average Bonchev–Trinajstić information content (AvgIpc) is 2.99. The maximum Gasteiger partial charge on any atom is 0.229 e. The van der Waals surface area contributed by atoms with Crippen molar-refractivity contribution in [3.05, 3.63) is 41.1 Å². The van der Waals surface area contributed by atoms with Crippen LogP contribution in [0.1, 0.15) is 6.42 Å². The number of benzene rings is 1. The quantitative estimate of drug-likeness (QED) is 0.900. The molecule has 1 aliphatic heterocycles. The number of β-amino-alcohol motifs (C(OH)–C–C–N with tert-alkyl or cyclic N) is 1. The molecule has 1 aromatic carbocycles. The lowest BCUT2D eigenvalue weighted by molar-refractivity contribution is -0.117. The molecule has 4 heteroatoms. The fourth-order valence-electron chi connectivity index (χ4n) is 2.22. The van der Waals surface area contributed by atoms with E-state index in [1.54, 1.807) is 16.2 Å². The summed E-state index contributed by atoms with van der Waals surface area (Å²) >= 11 is 1.65. The number of amides is 1. The number of thiophene rings is 1. The SMILES string of the molecule is O=C1CC(O)CN1c1cccc(-c2ccsc2)c1. The zero-order valence-corrected chi connectivity index (χ0v) is 10.6. The lowest BCUT2D eigenvalue weighted by atomic mass is 10.1. The number of rotatable bonds is 2. The van der Waals surface area contributed by atoms with Crippen molar-refractivity contribution in [3.8, 4) is 11.1 Å². The third-order valence-electron chi connectivity index (χ3n) is 3.12. The first-order valence-corrected chi connectivity index (χ1v) is 6.79. The predicted molar refractivity (Wildman–Crippen MR) is 72.7 cm³/mol. The third-order valence-corrected chi connectivity index (χ3v) is 3.80. The molecule has 1 aromatic heterocycles. The highest BCUT2D eigenvalue weighted by atomic mass is 32.1. The van der Waals surface area contributed by atoms with Crippen molar-refractivity contribution in [2.24, 2.45) is 0 Å². The van der Waals surface area contributed by atoms with E-state index >= 15 is 0 Å². The number of hydrogen-bond donors (Lipinski definition) is 1. The summed E-state index contributed by atoms with van der Waals surface area (Å²) < 4.78 is 0. The van der Waals surface area contributed by atoms with Crippen molar-refractivity contribution in [1.29, 1.82) is 0 Å². The minimum atomic E-state index is -0.540. The van der Waals surface area contributed by atoms with Gasteiger partial charge in [-0.25, -0.2) is 0 Å². The van der Waals surface area contributed by atoms with Crippen LogP contribution in [-0.4, -0.2) is 23.7 Å². The monoisotopic (exact) mass is 259 g/mol. The van der Waals surface area contributed by atoms with Crippen molar-refractivity contribution in [3.63, 3.8) is 0 Å². The Balaban J connectivity index is 1.94. The first-order valence-electron chi connectivity index (χ1n) is 5.85. The zero-order chi connectivity index (χ0) is 12.5. The van der Waals surface area contributed by atoms with Gasteiger partial charge in [0.25, 0.3) is 0 Å². The molecular formula is C14H13NO2S. The highest BCUT2D eigenvalue weighted by Crippen LogP contribution is 2.28. The van der Waals surface area contributed by atoms with E-state index in [2.05, 4.69) is 11.4 Å². The van der Waals surface area contributed by atoms with Crippen LogP contribution >= 0.6 is 11.3 Å². The Kier molecular flexibility index (Phi) is 2.89. The van der Waals surface area contributed by atoms with Crippen molar-refractivity contribution in [2.45, 2.75) is 12.5 Å². The van der Waals surface area contributed by atoms with Crippen molar-refractivity contribution in [1.82, 2.24) is 0 Å². The molecule has 1 amide bonds. The predicted octanol–water partition coefficient (Wildman–Crippen LogP) is 2.51. The van der Waals surface area contributed by atoms with Gasteiger partial charge in [0.15, 0.2) is 0 Å². The molecule has 0 spiro atoms. The molecule has 0 radical (unpaired) electrons. The van der Waals surface area contributed by atoms with Gasteiger partial charge < -0.3 is 10.0 Å². The van der Waals surface area contributed by atoms with E-state index in [9.17, 15) is 9.90 Å². The van der Waals surface area contributed by atoms with E-state index in [0.717, 1.165) is 16.8 Å². The second kappa shape index (κ2) is 4.55. The smallest absolute Gasteiger partial charge is 0.229 e. The molecule has 92 valence electrons. The highest BCUT2D eigenvalue weighted by molar-refractivity contribution is 7.08. The molecule has 0 aliphatic carbocycles. The molecule has 0 bridgehead atoms. The minimum absolute atomic E-state index is 0.00929. The van der Waals surface area contributed by atoms with E-state index < -0.39 is 6.10 Å². The summed E-state index contributed by atoms with van der Waals surface area (Å²) in [4.78, 5) is 13.4. The largest absolute Gasteiger partial charge is 0.391 e. The zero-order valence-electron chi connectivity index (χ0n) is 9.74. The standard InChI is InChI=1S/C14H13NO2S/c16-13-7-14(17)15(8-13)12-3-1-2-10(6-12)11-4-5-18-9-11/h1-6,9,13,16H,7-8H2. The second-order valence-electron chi connectivity index (χ2n) is 4.42. The van der Waals surface area contributed by atoms with Crippen LogP contribution in [0, 0.1) is 0 Å². The van der Waals surface area contributed by atoms with Gasteiger partial charge in [-0.2, -0.15) is 11.3 Å². The molecule has 3 nitrogen and oxygen atoms in total. The van der Waals surface area contributed by atoms with E-state index in [0.29, 0.717) is 6.54 Å². The molecule has 3 rings (SSSR count). The molecule has 2 aromatic rings. The van der Waals surface area contributed by atoms with Crippen LogP contribution in [0.15, 0.2) is 41.1 Å². The lowest BCUT2D eigenvalue weighted by Crippen LogP contribution is -2.25. The molecule has 1 saturated heterocycles. The summed E-state index contributed by atoms with van der Waals surface area (Å²) in [5.74, 6) is -0.00929. The van der Waals surface area contributed by atoms with Crippen LogP contribution in [0.25, 0.3) is 11.1 Å². The second-order valence-corrected chi connectivity index (χ2v) is 5.20. The van der Waals surface area contributed by atoms with Crippen molar-refractivity contribution in [2.75, 3.05) is 11.4 Å². The van der Waals surface area contributed by atoms with Gasteiger partial charge in [-0.3, -0.25) is 4.79 Å². The van der Waals surface area contributed by atoms with E-state index in [-0.39, 0.29) is 12.3 Å². The summed E-state index contributed by atoms with van der Waals surface area (Å²) in [5, 5.41) is 13.6. The Morgan fingerprint density at radius 1 is 1.28 bits per heavy atom. The number of aliphatic hydroxyl groups is 1. The number of anilines is 1. The number of hydrogen-bond acceptors (Lipinski definition) is 3. The summed E-state index contributed by atoms with van der Waals surface area (Å²) in [6.45, 7) is 0.395. The number of carbonyl (C=O) groups is 1. The van der Waals surface area contributed by atoms with E-state index in [1.807, 2.05) is 29.6 Å². The summed E-state index contributed by atoms with van der Waals surface area (Å²) in [6.07, 6.45) is -0.315. The Hall–Kier alpha value is -1.65.